The molecule has 0 aliphatic heterocycles. The molecular formula is C20H30O4. The third-order valence-electron chi connectivity index (χ3n) is 8.33. The van der Waals surface area contributed by atoms with Gasteiger partial charge in [-0.1, -0.05) is 25.8 Å². The molecule has 0 aromatic carbocycles. The van der Waals surface area contributed by atoms with Crippen molar-refractivity contribution < 1.29 is 20.1 Å². The predicted octanol–water partition coefficient (Wildman–Crippen LogP) is 2.07. The van der Waals surface area contributed by atoms with Crippen LogP contribution in [0.15, 0.2) is 11.6 Å². The molecule has 0 saturated heterocycles. The molecule has 4 nitrogen and oxygen atoms in total. The fourth-order valence-corrected chi connectivity index (χ4v) is 7.06. The van der Waals surface area contributed by atoms with Gasteiger partial charge in [0.05, 0.1) is 6.10 Å². The number of hydrogen-bond donors (Lipinski definition) is 3. The van der Waals surface area contributed by atoms with Gasteiger partial charge in [0.1, 0.15) is 0 Å². The van der Waals surface area contributed by atoms with E-state index in [9.17, 15) is 20.1 Å². The lowest BCUT2D eigenvalue weighted by molar-refractivity contribution is -0.128. The SMILES string of the molecule is C[C@]1(CO)CCC[C@@]2(C)C3=CC(=O)[C@@H]4C[C@]3(C[C@@H]4CO)[C@@H](O)C[C@H]12. The summed E-state index contributed by atoms with van der Waals surface area (Å²) in [6.45, 7) is 4.56. The van der Waals surface area contributed by atoms with Crippen LogP contribution < -0.4 is 0 Å². The summed E-state index contributed by atoms with van der Waals surface area (Å²) >= 11 is 0. The first kappa shape index (κ1) is 16.7. The van der Waals surface area contributed by atoms with Crippen LogP contribution in [-0.2, 0) is 4.79 Å². The Hall–Kier alpha value is -0.710. The van der Waals surface area contributed by atoms with Crippen molar-refractivity contribution in [2.24, 2.45) is 34.0 Å². The Labute approximate surface area is 144 Å². The molecule has 7 atom stereocenters. The van der Waals surface area contributed by atoms with Gasteiger partial charge in [-0.05, 0) is 60.8 Å². The minimum absolute atomic E-state index is 0.0196. The minimum atomic E-state index is -0.474. The Kier molecular flexibility index (Phi) is 3.59. The predicted molar refractivity (Wildman–Crippen MR) is 90.1 cm³/mol. The molecule has 2 bridgehead atoms. The number of fused-ring (bicyclic) bond motifs is 3. The molecule has 4 aliphatic rings. The van der Waals surface area contributed by atoms with Crippen molar-refractivity contribution in [3.8, 4) is 0 Å². The van der Waals surface area contributed by atoms with Crippen molar-refractivity contribution in [2.75, 3.05) is 13.2 Å². The van der Waals surface area contributed by atoms with Crippen LogP contribution >= 0.6 is 0 Å². The highest BCUT2D eigenvalue weighted by Gasteiger charge is 2.66. The molecule has 0 aromatic rings. The van der Waals surface area contributed by atoms with Crippen LogP contribution in [-0.4, -0.2) is 40.4 Å². The molecule has 4 aliphatic carbocycles. The molecule has 24 heavy (non-hydrogen) atoms. The van der Waals surface area contributed by atoms with Crippen LogP contribution in [0.1, 0.15) is 52.4 Å². The highest BCUT2D eigenvalue weighted by molar-refractivity contribution is 5.95. The van der Waals surface area contributed by atoms with E-state index in [1.807, 2.05) is 6.08 Å². The fraction of sp³-hybridized carbons (Fsp3) is 0.850. The molecule has 3 N–H and O–H groups in total. The van der Waals surface area contributed by atoms with Gasteiger partial charge in [0, 0.05) is 24.5 Å². The van der Waals surface area contributed by atoms with Crippen LogP contribution in [0.2, 0.25) is 0 Å². The van der Waals surface area contributed by atoms with E-state index in [1.165, 1.54) is 0 Å². The quantitative estimate of drug-likeness (QED) is 0.722. The molecule has 4 heteroatoms. The lowest BCUT2D eigenvalue weighted by Gasteiger charge is -2.62. The third-order valence-corrected chi connectivity index (χ3v) is 8.33. The highest BCUT2D eigenvalue weighted by atomic mass is 16.3. The van der Waals surface area contributed by atoms with Gasteiger partial charge >= 0.3 is 0 Å². The molecule has 1 spiro atoms. The Morgan fingerprint density at radius 3 is 2.62 bits per heavy atom. The summed E-state index contributed by atoms with van der Waals surface area (Å²) in [6, 6.07) is 0. The summed E-state index contributed by atoms with van der Waals surface area (Å²) in [7, 11) is 0. The standard InChI is InChI=1S/C20H30O4/c1-18(11-22)4-3-5-19(2)15(18)7-17(24)20-8-12(10-21)13(9-20)14(23)6-16(19)20/h6,12-13,15,17,21-22,24H,3-5,7-11H2,1-2H3/t12-,13-,15-,17+,18-,19-,20+/m1/s1. The Morgan fingerprint density at radius 2 is 1.96 bits per heavy atom. The average Bonchev–Trinajstić information content (AvgIpc) is 2.90. The van der Waals surface area contributed by atoms with Crippen molar-refractivity contribution in [1.29, 1.82) is 0 Å². The van der Waals surface area contributed by atoms with Gasteiger partial charge < -0.3 is 15.3 Å². The molecular weight excluding hydrogens is 304 g/mol. The van der Waals surface area contributed by atoms with E-state index >= 15 is 0 Å². The van der Waals surface area contributed by atoms with Gasteiger partial charge in [0.15, 0.2) is 5.78 Å². The van der Waals surface area contributed by atoms with Gasteiger partial charge in [0.2, 0.25) is 0 Å². The topological polar surface area (TPSA) is 77.8 Å². The number of carbonyl (C=O) groups is 1. The second-order valence-corrected chi connectivity index (χ2v) is 9.46. The minimum Gasteiger partial charge on any atom is -0.396 e. The van der Waals surface area contributed by atoms with Crippen LogP contribution in [0.25, 0.3) is 0 Å². The van der Waals surface area contributed by atoms with E-state index < -0.39 is 6.10 Å². The maximum Gasteiger partial charge on any atom is 0.159 e. The zero-order valence-corrected chi connectivity index (χ0v) is 14.8. The zero-order valence-electron chi connectivity index (χ0n) is 14.8. The van der Waals surface area contributed by atoms with E-state index in [4.69, 9.17) is 0 Å². The normalized spacial score (nSPS) is 53.4. The van der Waals surface area contributed by atoms with E-state index in [-0.39, 0.29) is 53.0 Å². The van der Waals surface area contributed by atoms with Gasteiger partial charge in [-0.3, -0.25) is 4.79 Å². The first-order chi connectivity index (χ1) is 11.3. The summed E-state index contributed by atoms with van der Waals surface area (Å²) in [4.78, 5) is 12.7. The molecule has 3 fully saturated rings. The van der Waals surface area contributed by atoms with Gasteiger partial charge in [0.25, 0.3) is 0 Å². The summed E-state index contributed by atoms with van der Waals surface area (Å²) in [5.74, 6) is 0.200. The average molecular weight is 334 g/mol. The number of ketones is 1. The maximum absolute atomic E-state index is 12.7. The Morgan fingerprint density at radius 1 is 1.21 bits per heavy atom. The second-order valence-electron chi connectivity index (χ2n) is 9.46. The van der Waals surface area contributed by atoms with Gasteiger partial charge in [-0.15, -0.1) is 0 Å². The van der Waals surface area contributed by atoms with E-state index in [0.29, 0.717) is 12.8 Å². The molecule has 4 rings (SSSR count). The first-order valence-corrected chi connectivity index (χ1v) is 9.47. The number of rotatable bonds is 2. The van der Waals surface area contributed by atoms with Crippen LogP contribution in [0.5, 0.6) is 0 Å². The van der Waals surface area contributed by atoms with E-state index in [2.05, 4.69) is 13.8 Å². The number of aliphatic hydroxyl groups is 3. The van der Waals surface area contributed by atoms with Crippen molar-refractivity contribution in [2.45, 2.75) is 58.5 Å². The largest absolute Gasteiger partial charge is 0.396 e. The second kappa shape index (κ2) is 5.15. The van der Waals surface area contributed by atoms with Gasteiger partial charge in [-0.2, -0.15) is 0 Å². The zero-order chi connectivity index (χ0) is 17.3. The third kappa shape index (κ3) is 1.88. The molecule has 0 amide bonds. The number of allylic oxidation sites excluding steroid dienone is 1. The maximum atomic E-state index is 12.7. The lowest BCUT2D eigenvalue weighted by atomic mass is 9.43. The van der Waals surface area contributed by atoms with E-state index in [1.54, 1.807) is 0 Å². The summed E-state index contributed by atoms with van der Waals surface area (Å²) in [6.07, 6.45) is 6.54. The lowest BCUT2D eigenvalue weighted by Crippen LogP contribution is -2.58. The molecule has 0 unspecified atom stereocenters. The number of carbonyl (C=O) groups excluding carboxylic acids is 1. The highest BCUT2D eigenvalue weighted by Crippen LogP contribution is 2.70. The van der Waals surface area contributed by atoms with Crippen LogP contribution in [0.4, 0.5) is 0 Å². The number of aliphatic hydroxyl groups excluding tert-OH is 3. The van der Waals surface area contributed by atoms with E-state index in [0.717, 1.165) is 31.3 Å². The van der Waals surface area contributed by atoms with Gasteiger partial charge in [-0.25, -0.2) is 0 Å². The summed E-state index contributed by atoms with van der Waals surface area (Å²) in [5, 5.41) is 30.9. The molecule has 0 heterocycles. The first-order valence-electron chi connectivity index (χ1n) is 9.47. The van der Waals surface area contributed by atoms with Crippen molar-refractivity contribution in [1.82, 2.24) is 0 Å². The van der Waals surface area contributed by atoms with Crippen LogP contribution in [0, 0.1) is 34.0 Å². The fourth-order valence-electron chi connectivity index (χ4n) is 7.06. The summed E-state index contributed by atoms with van der Waals surface area (Å²) in [5.41, 5.74) is 0.492. The summed E-state index contributed by atoms with van der Waals surface area (Å²) < 4.78 is 0. The van der Waals surface area contributed by atoms with Crippen molar-refractivity contribution >= 4 is 5.78 Å². The molecule has 3 saturated carbocycles. The van der Waals surface area contributed by atoms with Crippen molar-refractivity contribution in [3.05, 3.63) is 11.6 Å². The van der Waals surface area contributed by atoms with Crippen molar-refractivity contribution in [3.63, 3.8) is 0 Å². The molecule has 0 radical (unpaired) electrons. The smallest absolute Gasteiger partial charge is 0.159 e. The number of hydrogen-bond acceptors (Lipinski definition) is 4. The molecule has 134 valence electrons. The molecule has 0 aromatic heterocycles. The van der Waals surface area contributed by atoms with Crippen LogP contribution in [0.3, 0.4) is 0 Å². The monoisotopic (exact) mass is 334 g/mol. The Bertz CT molecular complexity index is 598. The Balaban J connectivity index is 1.84.